The van der Waals surface area contributed by atoms with E-state index in [1.54, 1.807) is 4.90 Å². The van der Waals surface area contributed by atoms with E-state index in [0.717, 1.165) is 37.7 Å². The van der Waals surface area contributed by atoms with Gasteiger partial charge in [0.25, 0.3) is 5.24 Å². The molecule has 5 nitrogen and oxygen atoms in total. The zero-order valence-electron chi connectivity index (χ0n) is 8.90. The molecule has 2 saturated heterocycles. The van der Waals surface area contributed by atoms with Gasteiger partial charge in [0.1, 0.15) is 5.25 Å². The van der Waals surface area contributed by atoms with Crippen molar-refractivity contribution in [2.75, 3.05) is 13.1 Å². The Bertz CT molecular complexity index is 326. The Labute approximate surface area is 97.9 Å². The van der Waals surface area contributed by atoms with Gasteiger partial charge in [0.15, 0.2) is 0 Å². The van der Waals surface area contributed by atoms with Crippen molar-refractivity contribution in [1.29, 1.82) is 0 Å². The summed E-state index contributed by atoms with van der Waals surface area (Å²) in [5, 5.41) is 1.32. The summed E-state index contributed by atoms with van der Waals surface area (Å²) in [4.78, 5) is 35.8. The lowest BCUT2D eigenvalue weighted by atomic mass is 10.1. The van der Waals surface area contributed by atoms with E-state index in [-0.39, 0.29) is 23.5 Å². The van der Waals surface area contributed by atoms with Crippen molar-refractivity contribution in [2.45, 2.75) is 30.9 Å². The number of amides is 3. The summed E-state index contributed by atoms with van der Waals surface area (Å²) in [6, 6.07) is 0. The van der Waals surface area contributed by atoms with Crippen molar-refractivity contribution in [3.8, 4) is 0 Å². The molecular formula is C10H14N2O3S. The van der Waals surface area contributed by atoms with Crippen molar-refractivity contribution >= 4 is 28.8 Å². The van der Waals surface area contributed by atoms with E-state index in [1.807, 2.05) is 0 Å². The van der Waals surface area contributed by atoms with Crippen molar-refractivity contribution < 1.29 is 14.4 Å². The van der Waals surface area contributed by atoms with E-state index < -0.39 is 5.25 Å². The first-order chi connectivity index (χ1) is 7.66. The molecule has 0 saturated carbocycles. The maximum atomic E-state index is 11.8. The first-order valence-corrected chi connectivity index (χ1v) is 6.34. The van der Waals surface area contributed by atoms with Gasteiger partial charge in [0.2, 0.25) is 11.8 Å². The molecule has 2 fully saturated rings. The Balaban J connectivity index is 1.86. The Morgan fingerprint density at radius 3 is 2.56 bits per heavy atom. The minimum atomic E-state index is -0.526. The lowest BCUT2D eigenvalue weighted by Crippen LogP contribution is -2.38. The van der Waals surface area contributed by atoms with E-state index in [4.69, 9.17) is 0 Å². The molecule has 0 aromatic carbocycles. The van der Waals surface area contributed by atoms with Crippen molar-refractivity contribution in [1.82, 2.24) is 10.2 Å². The van der Waals surface area contributed by atoms with E-state index in [9.17, 15) is 14.4 Å². The number of thioether (sulfide) groups is 1. The minimum Gasteiger partial charge on any atom is -0.343 e. The average Bonchev–Trinajstić information content (AvgIpc) is 2.59. The lowest BCUT2D eigenvalue weighted by Gasteiger charge is -2.27. The second kappa shape index (κ2) is 4.86. The van der Waals surface area contributed by atoms with E-state index >= 15 is 0 Å². The number of piperidine rings is 1. The maximum absolute atomic E-state index is 11.8. The molecular weight excluding hydrogens is 228 g/mol. The third-order valence-corrected chi connectivity index (χ3v) is 3.82. The number of hydrogen-bond acceptors (Lipinski definition) is 4. The predicted molar refractivity (Wildman–Crippen MR) is 60.0 cm³/mol. The monoisotopic (exact) mass is 242 g/mol. The van der Waals surface area contributed by atoms with Crippen LogP contribution in [0.1, 0.15) is 25.7 Å². The number of carbonyl (C=O) groups excluding carboxylic acids is 3. The van der Waals surface area contributed by atoms with Crippen LogP contribution in [0, 0.1) is 0 Å². The van der Waals surface area contributed by atoms with Crippen LogP contribution in [0.2, 0.25) is 0 Å². The molecule has 1 N–H and O–H groups in total. The van der Waals surface area contributed by atoms with E-state index in [0.29, 0.717) is 0 Å². The second-order valence-corrected chi connectivity index (χ2v) is 5.20. The summed E-state index contributed by atoms with van der Waals surface area (Å²) in [6.45, 7) is 1.57. The molecule has 2 aliphatic rings. The fraction of sp³-hybridized carbons (Fsp3) is 0.700. The summed E-state index contributed by atoms with van der Waals surface area (Å²) >= 11 is 0.919. The first kappa shape index (κ1) is 11.4. The van der Waals surface area contributed by atoms with Gasteiger partial charge in [-0.1, -0.05) is 11.8 Å². The molecule has 0 unspecified atom stereocenters. The third-order valence-electron chi connectivity index (χ3n) is 2.84. The average molecular weight is 242 g/mol. The first-order valence-electron chi connectivity index (χ1n) is 5.46. The Morgan fingerprint density at radius 2 is 2.00 bits per heavy atom. The van der Waals surface area contributed by atoms with Crippen molar-refractivity contribution in [3.05, 3.63) is 0 Å². The lowest BCUT2D eigenvalue weighted by molar-refractivity contribution is -0.133. The number of imide groups is 1. The van der Waals surface area contributed by atoms with Crippen molar-refractivity contribution in [3.63, 3.8) is 0 Å². The molecule has 2 rings (SSSR count). The van der Waals surface area contributed by atoms with Crippen LogP contribution in [0.3, 0.4) is 0 Å². The molecule has 0 bridgehead atoms. The third kappa shape index (κ3) is 2.55. The summed E-state index contributed by atoms with van der Waals surface area (Å²) < 4.78 is 0. The van der Waals surface area contributed by atoms with Crippen LogP contribution in [0.25, 0.3) is 0 Å². The molecule has 0 spiro atoms. The molecule has 0 radical (unpaired) electrons. The van der Waals surface area contributed by atoms with Gasteiger partial charge in [-0.15, -0.1) is 0 Å². The number of nitrogens with zero attached hydrogens (tertiary/aromatic N) is 1. The van der Waals surface area contributed by atoms with Crippen LogP contribution in [-0.4, -0.2) is 40.3 Å². The summed E-state index contributed by atoms with van der Waals surface area (Å²) in [5.74, 6) is -0.345. The van der Waals surface area contributed by atoms with Crippen LogP contribution >= 0.6 is 11.8 Å². The quantitative estimate of drug-likeness (QED) is 0.775. The highest BCUT2D eigenvalue weighted by Crippen LogP contribution is 2.23. The highest BCUT2D eigenvalue weighted by Gasteiger charge is 2.34. The minimum absolute atomic E-state index is 0.0120. The summed E-state index contributed by atoms with van der Waals surface area (Å²) in [5.41, 5.74) is 0. The highest BCUT2D eigenvalue weighted by atomic mass is 32.2. The Hall–Kier alpha value is -1.04. The molecule has 16 heavy (non-hydrogen) atoms. The molecule has 1 atom stereocenters. The Morgan fingerprint density at radius 1 is 1.31 bits per heavy atom. The predicted octanol–water partition coefficient (Wildman–Crippen LogP) is 0.741. The van der Waals surface area contributed by atoms with Gasteiger partial charge >= 0.3 is 0 Å². The van der Waals surface area contributed by atoms with Crippen LogP contribution in [0.4, 0.5) is 4.79 Å². The molecule has 2 heterocycles. The smallest absolute Gasteiger partial charge is 0.286 e. The standard InChI is InChI=1S/C10H14N2O3S/c13-8(12-4-2-1-3-5-12)6-7-9(14)11-10(15)16-7/h7H,1-6H2,(H,11,14,15)/t7-/m1/s1. The molecule has 0 aromatic rings. The van der Waals surface area contributed by atoms with Crippen LogP contribution in [-0.2, 0) is 9.59 Å². The fourth-order valence-corrected chi connectivity index (χ4v) is 2.77. The van der Waals surface area contributed by atoms with Gasteiger partial charge in [-0.25, -0.2) is 0 Å². The fourth-order valence-electron chi connectivity index (χ4n) is 1.96. The maximum Gasteiger partial charge on any atom is 0.286 e. The number of carbonyl (C=O) groups is 3. The van der Waals surface area contributed by atoms with Gasteiger partial charge in [-0.3, -0.25) is 19.7 Å². The molecule has 0 aromatic heterocycles. The Kier molecular flexibility index (Phi) is 3.48. The molecule has 88 valence electrons. The van der Waals surface area contributed by atoms with Gasteiger partial charge < -0.3 is 4.90 Å². The van der Waals surface area contributed by atoms with Crippen molar-refractivity contribution in [2.24, 2.45) is 0 Å². The SMILES string of the molecule is O=C1NC(=O)[C@@H](CC(=O)N2CCCCC2)S1. The van der Waals surface area contributed by atoms with Crippen LogP contribution in [0.5, 0.6) is 0 Å². The number of hydrogen-bond donors (Lipinski definition) is 1. The van der Waals surface area contributed by atoms with E-state index in [1.165, 1.54) is 6.42 Å². The van der Waals surface area contributed by atoms with Gasteiger partial charge in [-0.2, -0.15) is 0 Å². The summed E-state index contributed by atoms with van der Waals surface area (Å²) in [7, 11) is 0. The molecule has 3 amide bonds. The van der Waals surface area contributed by atoms with Crippen LogP contribution < -0.4 is 5.32 Å². The topological polar surface area (TPSA) is 66.5 Å². The largest absolute Gasteiger partial charge is 0.343 e. The highest BCUT2D eigenvalue weighted by molar-refractivity contribution is 8.15. The van der Waals surface area contributed by atoms with Crippen LogP contribution in [0.15, 0.2) is 0 Å². The normalized spacial score (nSPS) is 25.8. The zero-order chi connectivity index (χ0) is 11.5. The second-order valence-electron chi connectivity index (χ2n) is 4.03. The number of likely N-dealkylation sites (tertiary alicyclic amines) is 1. The van der Waals surface area contributed by atoms with Gasteiger partial charge in [0, 0.05) is 19.5 Å². The number of rotatable bonds is 2. The zero-order valence-corrected chi connectivity index (χ0v) is 9.72. The van der Waals surface area contributed by atoms with Gasteiger partial charge in [0.05, 0.1) is 0 Å². The molecule has 6 heteroatoms. The van der Waals surface area contributed by atoms with E-state index in [2.05, 4.69) is 5.32 Å². The number of nitrogens with one attached hydrogen (secondary N) is 1. The molecule has 2 aliphatic heterocycles. The molecule has 0 aliphatic carbocycles. The summed E-state index contributed by atoms with van der Waals surface area (Å²) in [6.07, 6.45) is 3.38. The van der Waals surface area contributed by atoms with Gasteiger partial charge in [-0.05, 0) is 19.3 Å².